The molecular weight excluding hydrogens is 262 g/mol. The lowest BCUT2D eigenvalue weighted by molar-refractivity contribution is 0.378. The Balaban J connectivity index is 2.18. The van der Waals surface area contributed by atoms with Crippen LogP contribution >= 0.6 is 0 Å². The molecule has 0 heterocycles. The van der Waals surface area contributed by atoms with Crippen LogP contribution in [0.5, 0.6) is 17.2 Å². The summed E-state index contributed by atoms with van der Waals surface area (Å²) in [4.78, 5) is 0. The summed E-state index contributed by atoms with van der Waals surface area (Å²) in [5.74, 6) is 2.32. The Morgan fingerprint density at radius 3 is 2.48 bits per heavy atom. The Morgan fingerprint density at radius 1 is 1.00 bits per heavy atom. The van der Waals surface area contributed by atoms with E-state index in [1.165, 1.54) is 11.1 Å². The van der Waals surface area contributed by atoms with Crippen molar-refractivity contribution >= 4 is 0 Å². The molecule has 0 fully saturated rings. The van der Waals surface area contributed by atoms with Crippen LogP contribution in [0.1, 0.15) is 23.6 Å². The molecule has 21 heavy (non-hydrogen) atoms. The third-order valence-corrected chi connectivity index (χ3v) is 3.43. The van der Waals surface area contributed by atoms with Gasteiger partial charge >= 0.3 is 0 Å². The zero-order valence-electron chi connectivity index (χ0n) is 13.2. The molecule has 1 N–H and O–H groups in total. The minimum absolute atomic E-state index is 0.738. The highest BCUT2D eigenvalue weighted by molar-refractivity contribution is 5.46. The molecule has 112 valence electrons. The maximum absolute atomic E-state index is 5.95. The van der Waals surface area contributed by atoms with Crippen LogP contribution in [0.4, 0.5) is 0 Å². The number of nitrogens with one attached hydrogen (secondary N) is 1. The first-order valence-corrected chi connectivity index (χ1v) is 7.26. The van der Waals surface area contributed by atoms with E-state index in [0.29, 0.717) is 0 Å². The molecule has 2 aromatic carbocycles. The molecule has 3 nitrogen and oxygen atoms in total. The smallest absolute Gasteiger partial charge is 0.169 e. The van der Waals surface area contributed by atoms with Crippen LogP contribution in [0, 0.1) is 13.8 Å². The molecule has 0 spiro atoms. The van der Waals surface area contributed by atoms with E-state index in [1.54, 1.807) is 7.11 Å². The van der Waals surface area contributed by atoms with Crippen molar-refractivity contribution in [2.24, 2.45) is 0 Å². The van der Waals surface area contributed by atoms with E-state index in [0.717, 1.165) is 35.9 Å². The van der Waals surface area contributed by atoms with Gasteiger partial charge in [-0.05, 0) is 61.3 Å². The largest absolute Gasteiger partial charge is 0.493 e. The standard InChI is InChI=1S/C18H23NO2/c1-5-19-12-15-7-8-16(11-14(15)3)21-17-9-6-13(2)10-18(17)20-4/h6-11,19H,5,12H2,1-4H3. The van der Waals surface area contributed by atoms with E-state index >= 15 is 0 Å². The van der Waals surface area contributed by atoms with Gasteiger partial charge in [-0.1, -0.05) is 19.1 Å². The van der Waals surface area contributed by atoms with Gasteiger partial charge in [0.25, 0.3) is 0 Å². The molecule has 2 aromatic rings. The first-order valence-electron chi connectivity index (χ1n) is 7.26. The van der Waals surface area contributed by atoms with Crippen molar-refractivity contribution in [1.82, 2.24) is 5.32 Å². The highest BCUT2D eigenvalue weighted by atomic mass is 16.5. The van der Waals surface area contributed by atoms with E-state index in [1.807, 2.05) is 31.2 Å². The second-order valence-corrected chi connectivity index (χ2v) is 5.12. The highest BCUT2D eigenvalue weighted by Crippen LogP contribution is 2.32. The number of rotatable bonds is 6. The summed E-state index contributed by atoms with van der Waals surface area (Å²) in [5.41, 5.74) is 3.66. The van der Waals surface area contributed by atoms with Crippen molar-refractivity contribution in [2.45, 2.75) is 27.3 Å². The number of hydrogen-bond donors (Lipinski definition) is 1. The lowest BCUT2D eigenvalue weighted by Crippen LogP contribution is -2.12. The number of aryl methyl sites for hydroxylation is 2. The Labute approximate surface area is 126 Å². The van der Waals surface area contributed by atoms with Gasteiger partial charge in [0.2, 0.25) is 0 Å². The Hall–Kier alpha value is -2.00. The summed E-state index contributed by atoms with van der Waals surface area (Å²) in [6, 6.07) is 12.1. The van der Waals surface area contributed by atoms with Crippen molar-refractivity contribution in [3.63, 3.8) is 0 Å². The first-order chi connectivity index (χ1) is 10.1. The van der Waals surface area contributed by atoms with E-state index in [4.69, 9.17) is 9.47 Å². The third kappa shape index (κ3) is 3.99. The number of methoxy groups -OCH3 is 1. The van der Waals surface area contributed by atoms with Crippen LogP contribution in [0.2, 0.25) is 0 Å². The average Bonchev–Trinajstić information content (AvgIpc) is 2.48. The molecule has 0 saturated carbocycles. The minimum atomic E-state index is 0.738. The van der Waals surface area contributed by atoms with Gasteiger partial charge < -0.3 is 14.8 Å². The van der Waals surface area contributed by atoms with E-state index in [9.17, 15) is 0 Å². The van der Waals surface area contributed by atoms with Gasteiger partial charge in [0.1, 0.15) is 5.75 Å². The number of benzene rings is 2. The lowest BCUT2D eigenvalue weighted by Gasteiger charge is -2.13. The molecule has 0 saturated heterocycles. The molecule has 0 unspecified atom stereocenters. The van der Waals surface area contributed by atoms with E-state index < -0.39 is 0 Å². The molecule has 0 aliphatic rings. The lowest BCUT2D eigenvalue weighted by atomic mass is 10.1. The SMILES string of the molecule is CCNCc1ccc(Oc2ccc(C)cc2OC)cc1C. The zero-order valence-corrected chi connectivity index (χ0v) is 13.2. The van der Waals surface area contributed by atoms with Crippen LogP contribution in [0.3, 0.4) is 0 Å². The van der Waals surface area contributed by atoms with Crippen LogP contribution in [0.25, 0.3) is 0 Å². The third-order valence-electron chi connectivity index (χ3n) is 3.43. The molecular formula is C18H23NO2. The summed E-state index contributed by atoms with van der Waals surface area (Å²) in [5, 5.41) is 3.34. The Morgan fingerprint density at radius 2 is 1.81 bits per heavy atom. The fourth-order valence-corrected chi connectivity index (χ4v) is 2.18. The van der Waals surface area contributed by atoms with Crippen molar-refractivity contribution < 1.29 is 9.47 Å². The molecule has 0 amide bonds. The second-order valence-electron chi connectivity index (χ2n) is 5.12. The normalized spacial score (nSPS) is 10.5. The molecule has 3 heteroatoms. The quantitative estimate of drug-likeness (QED) is 0.862. The van der Waals surface area contributed by atoms with Gasteiger partial charge in [-0.25, -0.2) is 0 Å². The fourth-order valence-electron chi connectivity index (χ4n) is 2.18. The maximum Gasteiger partial charge on any atom is 0.169 e. The monoisotopic (exact) mass is 285 g/mol. The second kappa shape index (κ2) is 7.14. The van der Waals surface area contributed by atoms with Crippen molar-refractivity contribution in [1.29, 1.82) is 0 Å². The van der Waals surface area contributed by atoms with E-state index in [-0.39, 0.29) is 0 Å². The van der Waals surface area contributed by atoms with Crippen LogP contribution in [0.15, 0.2) is 36.4 Å². The van der Waals surface area contributed by atoms with Gasteiger partial charge in [-0.15, -0.1) is 0 Å². The van der Waals surface area contributed by atoms with E-state index in [2.05, 4.69) is 31.3 Å². The average molecular weight is 285 g/mol. The van der Waals surface area contributed by atoms with Crippen molar-refractivity contribution in [3.05, 3.63) is 53.1 Å². The zero-order chi connectivity index (χ0) is 15.2. The predicted molar refractivity (Wildman–Crippen MR) is 86.4 cm³/mol. The topological polar surface area (TPSA) is 30.5 Å². The summed E-state index contributed by atoms with van der Waals surface area (Å²) in [6.45, 7) is 8.10. The fraction of sp³-hybridized carbons (Fsp3) is 0.333. The van der Waals surface area contributed by atoms with Gasteiger partial charge in [0.15, 0.2) is 11.5 Å². The molecule has 0 radical (unpaired) electrons. The summed E-state index contributed by atoms with van der Waals surface area (Å²) in [6.07, 6.45) is 0. The van der Waals surface area contributed by atoms with Crippen LogP contribution in [-0.2, 0) is 6.54 Å². The van der Waals surface area contributed by atoms with Crippen LogP contribution in [-0.4, -0.2) is 13.7 Å². The Kier molecular flexibility index (Phi) is 5.23. The van der Waals surface area contributed by atoms with Gasteiger partial charge in [-0.3, -0.25) is 0 Å². The maximum atomic E-state index is 5.95. The molecule has 0 aliphatic heterocycles. The molecule has 2 rings (SSSR count). The number of hydrogen-bond acceptors (Lipinski definition) is 3. The van der Waals surface area contributed by atoms with Crippen molar-refractivity contribution in [2.75, 3.05) is 13.7 Å². The molecule has 0 aliphatic carbocycles. The Bertz CT molecular complexity index is 608. The van der Waals surface area contributed by atoms with Gasteiger partial charge in [-0.2, -0.15) is 0 Å². The predicted octanol–water partition coefficient (Wildman–Crippen LogP) is 4.21. The molecule has 0 aromatic heterocycles. The van der Waals surface area contributed by atoms with Gasteiger partial charge in [0.05, 0.1) is 7.11 Å². The summed E-state index contributed by atoms with van der Waals surface area (Å²) >= 11 is 0. The minimum Gasteiger partial charge on any atom is -0.493 e. The van der Waals surface area contributed by atoms with Crippen molar-refractivity contribution in [3.8, 4) is 17.2 Å². The molecule has 0 atom stereocenters. The summed E-state index contributed by atoms with van der Waals surface area (Å²) in [7, 11) is 1.66. The first kappa shape index (κ1) is 15.4. The number of ether oxygens (including phenoxy) is 2. The molecule has 0 bridgehead atoms. The van der Waals surface area contributed by atoms with Gasteiger partial charge in [0, 0.05) is 6.54 Å². The highest BCUT2D eigenvalue weighted by Gasteiger charge is 2.07. The van der Waals surface area contributed by atoms with Crippen LogP contribution < -0.4 is 14.8 Å². The summed E-state index contributed by atoms with van der Waals surface area (Å²) < 4.78 is 11.3.